The molecule has 88 valence electrons. The molecule has 2 aliphatic rings. The van der Waals surface area contributed by atoms with E-state index in [2.05, 4.69) is 6.92 Å². The Morgan fingerprint density at radius 3 is 2.80 bits per heavy atom. The Bertz CT molecular complexity index is 201. The third-order valence-corrected chi connectivity index (χ3v) is 4.50. The summed E-state index contributed by atoms with van der Waals surface area (Å²) in [6, 6.07) is 0. The first-order valence-corrected chi connectivity index (χ1v) is 6.60. The maximum atomic E-state index is 6.01. The summed E-state index contributed by atoms with van der Waals surface area (Å²) in [4.78, 5) is 0. The van der Waals surface area contributed by atoms with Gasteiger partial charge in [0, 0.05) is 6.61 Å². The van der Waals surface area contributed by atoms with Crippen molar-refractivity contribution in [2.45, 2.75) is 58.0 Å². The van der Waals surface area contributed by atoms with E-state index in [1.54, 1.807) is 0 Å². The van der Waals surface area contributed by atoms with Gasteiger partial charge in [0.05, 0.1) is 6.10 Å². The van der Waals surface area contributed by atoms with Gasteiger partial charge < -0.3 is 10.5 Å². The first-order chi connectivity index (χ1) is 7.28. The van der Waals surface area contributed by atoms with E-state index < -0.39 is 0 Å². The monoisotopic (exact) mass is 211 g/mol. The fourth-order valence-electron chi connectivity index (χ4n) is 3.42. The summed E-state index contributed by atoms with van der Waals surface area (Å²) in [5.41, 5.74) is 6.43. The van der Waals surface area contributed by atoms with Crippen molar-refractivity contribution in [3.05, 3.63) is 0 Å². The maximum Gasteiger partial charge on any atom is 0.0581 e. The van der Waals surface area contributed by atoms with Crippen molar-refractivity contribution in [1.82, 2.24) is 0 Å². The molecule has 2 heteroatoms. The third kappa shape index (κ3) is 2.54. The molecule has 0 spiro atoms. The summed E-state index contributed by atoms with van der Waals surface area (Å²) in [5.74, 6) is 0.926. The lowest BCUT2D eigenvalue weighted by atomic mass is 9.79. The quantitative estimate of drug-likeness (QED) is 0.776. The summed E-state index contributed by atoms with van der Waals surface area (Å²) in [5, 5.41) is 0. The van der Waals surface area contributed by atoms with Gasteiger partial charge in [-0.25, -0.2) is 0 Å². The van der Waals surface area contributed by atoms with Crippen molar-refractivity contribution in [3.8, 4) is 0 Å². The number of ether oxygens (including phenoxy) is 1. The zero-order chi connectivity index (χ0) is 10.7. The van der Waals surface area contributed by atoms with Crippen LogP contribution in [0, 0.1) is 11.3 Å². The zero-order valence-corrected chi connectivity index (χ0v) is 10.0. The van der Waals surface area contributed by atoms with E-state index in [-0.39, 0.29) is 0 Å². The molecule has 2 rings (SSSR count). The Morgan fingerprint density at radius 1 is 1.40 bits per heavy atom. The topological polar surface area (TPSA) is 35.2 Å². The highest BCUT2D eigenvalue weighted by Crippen LogP contribution is 2.46. The molecule has 2 N–H and O–H groups in total. The fraction of sp³-hybridized carbons (Fsp3) is 1.00. The van der Waals surface area contributed by atoms with Gasteiger partial charge in [0.1, 0.15) is 0 Å². The fourth-order valence-corrected chi connectivity index (χ4v) is 3.42. The summed E-state index contributed by atoms with van der Waals surface area (Å²) in [6.45, 7) is 4.15. The van der Waals surface area contributed by atoms with E-state index in [1.165, 1.54) is 44.9 Å². The van der Waals surface area contributed by atoms with Crippen LogP contribution in [0.4, 0.5) is 0 Å². The summed E-state index contributed by atoms with van der Waals surface area (Å²) in [6.07, 6.45) is 9.65. The van der Waals surface area contributed by atoms with Crippen molar-refractivity contribution in [3.63, 3.8) is 0 Å². The maximum absolute atomic E-state index is 6.01. The van der Waals surface area contributed by atoms with Gasteiger partial charge in [0.2, 0.25) is 0 Å². The second kappa shape index (κ2) is 4.84. The van der Waals surface area contributed by atoms with Gasteiger partial charge in [0.15, 0.2) is 0 Å². The van der Waals surface area contributed by atoms with Crippen LogP contribution in [0.3, 0.4) is 0 Å². The van der Waals surface area contributed by atoms with E-state index in [4.69, 9.17) is 10.5 Å². The minimum Gasteiger partial charge on any atom is -0.378 e. The average molecular weight is 211 g/mol. The molecule has 2 nitrogen and oxygen atoms in total. The summed E-state index contributed by atoms with van der Waals surface area (Å²) in [7, 11) is 0. The number of hydrogen-bond acceptors (Lipinski definition) is 2. The molecule has 1 saturated carbocycles. The largest absolute Gasteiger partial charge is 0.378 e. The summed E-state index contributed by atoms with van der Waals surface area (Å²) < 4.78 is 5.76. The Hall–Kier alpha value is -0.0800. The van der Waals surface area contributed by atoms with Gasteiger partial charge in [-0.1, -0.05) is 13.3 Å². The van der Waals surface area contributed by atoms with Gasteiger partial charge in [0.25, 0.3) is 0 Å². The van der Waals surface area contributed by atoms with Gasteiger partial charge in [-0.3, -0.25) is 0 Å². The lowest BCUT2D eigenvalue weighted by molar-refractivity contribution is 0.0633. The minimum absolute atomic E-state index is 0.426. The minimum atomic E-state index is 0.426. The zero-order valence-electron chi connectivity index (χ0n) is 10.0. The van der Waals surface area contributed by atoms with Gasteiger partial charge in [-0.05, 0) is 56.4 Å². The van der Waals surface area contributed by atoms with Gasteiger partial charge in [-0.15, -0.1) is 0 Å². The van der Waals surface area contributed by atoms with Crippen LogP contribution in [0.2, 0.25) is 0 Å². The molecular weight excluding hydrogens is 186 g/mol. The lowest BCUT2D eigenvalue weighted by Crippen LogP contribution is -2.32. The smallest absolute Gasteiger partial charge is 0.0581 e. The molecule has 0 bridgehead atoms. The number of rotatable bonds is 4. The Labute approximate surface area is 93.6 Å². The molecule has 1 aliphatic heterocycles. The van der Waals surface area contributed by atoms with Crippen LogP contribution in [0.5, 0.6) is 0 Å². The second-order valence-electron chi connectivity index (χ2n) is 5.56. The molecule has 1 heterocycles. The molecule has 2 fully saturated rings. The molecular formula is C13H25NO. The molecule has 3 unspecified atom stereocenters. The molecule has 3 atom stereocenters. The first kappa shape index (κ1) is 11.4. The molecule has 1 saturated heterocycles. The number of hydrogen-bond donors (Lipinski definition) is 1. The highest BCUT2D eigenvalue weighted by atomic mass is 16.5. The molecule has 0 radical (unpaired) electrons. The summed E-state index contributed by atoms with van der Waals surface area (Å²) >= 11 is 0. The van der Waals surface area contributed by atoms with Crippen molar-refractivity contribution in [2.75, 3.05) is 13.2 Å². The van der Waals surface area contributed by atoms with Crippen LogP contribution in [-0.2, 0) is 4.74 Å². The van der Waals surface area contributed by atoms with Crippen LogP contribution in [0.25, 0.3) is 0 Å². The standard InChI is InChI=1S/C13H25NO/c1-2-11-5-6-13(8-11,10-14)9-12-4-3-7-15-12/h11-12H,2-10,14H2,1H3. The van der Waals surface area contributed by atoms with Crippen molar-refractivity contribution >= 4 is 0 Å². The third-order valence-electron chi connectivity index (χ3n) is 4.50. The van der Waals surface area contributed by atoms with E-state index in [1.807, 2.05) is 0 Å². The predicted molar refractivity (Wildman–Crippen MR) is 62.7 cm³/mol. The van der Waals surface area contributed by atoms with Gasteiger partial charge in [-0.2, -0.15) is 0 Å². The highest BCUT2D eigenvalue weighted by molar-refractivity contribution is 4.92. The van der Waals surface area contributed by atoms with E-state index in [0.717, 1.165) is 19.1 Å². The second-order valence-corrected chi connectivity index (χ2v) is 5.56. The Balaban J connectivity index is 1.90. The predicted octanol–water partition coefficient (Wildman–Crippen LogP) is 2.71. The first-order valence-electron chi connectivity index (χ1n) is 6.60. The van der Waals surface area contributed by atoms with Crippen LogP contribution < -0.4 is 5.73 Å². The molecule has 0 aromatic rings. The lowest BCUT2D eigenvalue weighted by Gasteiger charge is -2.30. The molecule has 15 heavy (non-hydrogen) atoms. The average Bonchev–Trinajstić information content (AvgIpc) is 2.88. The normalized spacial score (nSPS) is 41.2. The van der Waals surface area contributed by atoms with Crippen molar-refractivity contribution in [2.24, 2.45) is 17.1 Å². The molecule has 0 aromatic carbocycles. The van der Waals surface area contributed by atoms with Crippen LogP contribution >= 0.6 is 0 Å². The van der Waals surface area contributed by atoms with Crippen molar-refractivity contribution in [1.29, 1.82) is 0 Å². The van der Waals surface area contributed by atoms with Crippen molar-refractivity contribution < 1.29 is 4.74 Å². The SMILES string of the molecule is CCC1CCC(CN)(CC2CCCO2)C1. The van der Waals surface area contributed by atoms with Crippen LogP contribution in [0.1, 0.15) is 51.9 Å². The molecule has 0 amide bonds. The van der Waals surface area contributed by atoms with E-state index in [9.17, 15) is 0 Å². The molecule has 1 aliphatic carbocycles. The van der Waals surface area contributed by atoms with E-state index >= 15 is 0 Å². The Kier molecular flexibility index (Phi) is 3.68. The Morgan fingerprint density at radius 2 is 2.27 bits per heavy atom. The van der Waals surface area contributed by atoms with Crippen LogP contribution in [0.15, 0.2) is 0 Å². The number of nitrogens with two attached hydrogens (primary N) is 1. The van der Waals surface area contributed by atoms with Gasteiger partial charge >= 0.3 is 0 Å². The van der Waals surface area contributed by atoms with E-state index in [0.29, 0.717) is 11.5 Å². The highest BCUT2D eigenvalue weighted by Gasteiger charge is 2.39. The van der Waals surface area contributed by atoms with Crippen LogP contribution in [-0.4, -0.2) is 19.3 Å². The molecule has 0 aromatic heterocycles.